The van der Waals surface area contributed by atoms with Gasteiger partial charge >= 0.3 is 0 Å². The molecule has 0 saturated carbocycles. The van der Waals surface area contributed by atoms with E-state index in [9.17, 15) is 9.59 Å². The van der Waals surface area contributed by atoms with Crippen LogP contribution in [0.4, 0.5) is 0 Å². The summed E-state index contributed by atoms with van der Waals surface area (Å²) < 4.78 is 10.8. The summed E-state index contributed by atoms with van der Waals surface area (Å²) in [5.41, 5.74) is 2.87. The molecule has 1 atom stereocenters. The number of nitrogens with zero attached hydrogens (tertiary/aromatic N) is 2. The number of amides is 2. The van der Waals surface area contributed by atoms with Gasteiger partial charge in [0.05, 0.1) is 19.2 Å². The van der Waals surface area contributed by atoms with Crippen molar-refractivity contribution in [1.29, 1.82) is 0 Å². The van der Waals surface area contributed by atoms with Gasteiger partial charge in [0, 0.05) is 41.7 Å². The Labute approximate surface area is 231 Å². The normalized spacial score (nSPS) is 14.9. The van der Waals surface area contributed by atoms with Gasteiger partial charge in [-0.2, -0.15) is 0 Å². The minimum absolute atomic E-state index is 0.0432. The Morgan fingerprint density at radius 2 is 1.92 bits per heavy atom. The van der Waals surface area contributed by atoms with Gasteiger partial charge < -0.3 is 19.3 Å². The molecule has 4 rings (SSSR count). The van der Waals surface area contributed by atoms with Crippen LogP contribution in [0.1, 0.15) is 34.0 Å². The van der Waals surface area contributed by atoms with Crippen molar-refractivity contribution in [3.05, 3.63) is 91.6 Å². The molecule has 0 bridgehead atoms. The monoisotopic (exact) mass is 560 g/mol. The van der Waals surface area contributed by atoms with Gasteiger partial charge in [-0.1, -0.05) is 59.6 Å². The van der Waals surface area contributed by atoms with E-state index in [-0.39, 0.29) is 31.0 Å². The first-order valence-corrected chi connectivity index (χ1v) is 13.8. The van der Waals surface area contributed by atoms with E-state index in [4.69, 9.17) is 32.7 Å². The molecule has 37 heavy (non-hydrogen) atoms. The number of ether oxygens (including phenoxy) is 2. The van der Waals surface area contributed by atoms with Gasteiger partial charge in [0.15, 0.2) is 0 Å². The highest BCUT2D eigenvalue weighted by molar-refractivity contribution is 7.10. The molecule has 0 spiro atoms. The largest absolute Gasteiger partial charge is 0.385 e. The van der Waals surface area contributed by atoms with Gasteiger partial charge in [0.1, 0.15) is 6.61 Å². The van der Waals surface area contributed by atoms with Gasteiger partial charge in [0.25, 0.3) is 0 Å². The average Bonchev–Trinajstić information content (AvgIpc) is 3.37. The van der Waals surface area contributed by atoms with Gasteiger partial charge in [-0.15, -0.1) is 11.3 Å². The number of hydrogen-bond donors (Lipinski definition) is 0. The Balaban J connectivity index is 1.50. The number of methoxy groups -OCH3 is 1. The van der Waals surface area contributed by atoms with Crippen LogP contribution in [0.15, 0.2) is 60.0 Å². The molecule has 0 saturated heterocycles. The molecule has 1 aliphatic rings. The molecule has 0 N–H and O–H groups in total. The lowest BCUT2D eigenvalue weighted by molar-refractivity contribution is -0.144. The van der Waals surface area contributed by atoms with Crippen LogP contribution in [0, 0.1) is 0 Å². The molecule has 1 aromatic heterocycles. The van der Waals surface area contributed by atoms with E-state index in [1.54, 1.807) is 35.5 Å². The average molecular weight is 562 g/mol. The molecule has 3 aromatic rings. The van der Waals surface area contributed by atoms with Gasteiger partial charge in [0.2, 0.25) is 11.8 Å². The Morgan fingerprint density at radius 3 is 2.68 bits per heavy atom. The van der Waals surface area contributed by atoms with Crippen molar-refractivity contribution in [2.45, 2.75) is 25.5 Å². The van der Waals surface area contributed by atoms with Crippen LogP contribution in [-0.4, -0.2) is 61.6 Å². The molecule has 1 aliphatic heterocycles. The third kappa shape index (κ3) is 7.12. The topological polar surface area (TPSA) is 59.1 Å². The van der Waals surface area contributed by atoms with Crippen molar-refractivity contribution in [1.82, 2.24) is 9.80 Å². The lowest BCUT2D eigenvalue weighted by Crippen LogP contribution is -2.47. The highest BCUT2D eigenvalue weighted by atomic mass is 35.5. The van der Waals surface area contributed by atoms with Crippen molar-refractivity contribution >= 4 is 46.4 Å². The van der Waals surface area contributed by atoms with Crippen molar-refractivity contribution in [3.8, 4) is 0 Å². The molecule has 1 unspecified atom stereocenters. The SMILES string of the molecule is COCCCN(CC(=O)N1CCc2sccc2C1c1ccc(Cl)cc1Cl)C(=O)COCc1ccccc1. The van der Waals surface area contributed by atoms with Crippen molar-refractivity contribution in [2.75, 3.05) is 40.0 Å². The number of carbonyl (C=O) groups excluding carboxylic acids is 2. The maximum Gasteiger partial charge on any atom is 0.249 e. The number of fused-ring (bicyclic) bond motifs is 1. The summed E-state index contributed by atoms with van der Waals surface area (Å²) in [5, 5.41) is 3.09. The second kappa shape index (κ2) is 13.4. The molecule has 0 radical (unpaired) electrons. The minimum atomic E-state index is -0.336. The Bertz CT molecular complexity index is 1200. The molecule has 0 aliphatic carbocycles. The summed E-state index contributed by atoms with van der Waals surface area (Å²) in [6.07, 6.45) is 1.38. The first-order chi connectivity index (χ1) is 18.0. The highest BCUT2D eigenvalue weighted by Gasteiger charge is 2.35. The fourth-order valence-electron chi connectivity index (χ4n) is 4.51. The quantitative estimate of drug-likeness (QED) is 0.286. The third-order valence-electron chi connectivity index (χ3n) is 6.34. The van der Waals surface area contributed by atoms with Gasteiger partial charge in [-0.05, 0) is 53.1 Å². The van der Waals surface area contributed by atoms with Gasteiger partial charge in [-0.25, -0.2) is 0 Å². The summed E-state index contributed by atoms with van der Waals surface area (Å²) >= 11 is 14.4. The number of thiophene rings is 1. The van der Waals surface area contributed by atoms with Crippen LogP contribution in [0.25, 0.3) is 0 Å². The predicted molar refractivity (Wildman–Crippen MR) is 147 cm³/mol. The van der Waals surface area contributed by atoms with Crippen molar-refractivity contribution in [3.63, 3.8) is 0 Å². The molecule has 2 amide bonds. The van der Waals surface area contributed by atoms with Gasteiger partial charge in [-0.3, -0.25) is 9.59 Å². The van der Waals surface area contributed by atoms with E-state index >= 15 is 0 Å². The Kier molecular flexibility index (Phi) is 10.00. The Morgan fingerprint density at radius 1 is 1.11 bits per heavy atom. The molecular formula is C28H30Cl2N2O4S. The zero-order valence-corrected chi connectivity index (χ0v) is 23.0. The molecule has 2 heterocycles. The number of rotatable bonds is 11. The molecule has 2 aromatic carbocycles. The van der Waals surface area contributed by atoms with E-state index in [0.29, 0.717) is 42.8 Å². The third-order valence-corrected chi connectivity index (χ3v) is 7.89. The van der Waals surface area contributed by atoms with Crippen LogP contribution in [0.5, 0.6) is 0 Å². The molecule has 6 nitrogen and oxygen atoms in total. The fraction of sp³-hybridized carbons (Fsp3) is 0.357. The van der Waals surface area contributed by atoms with E-state index in [2.05, 4.69) is 0 Å². The summed E-state index contributed by atoms with van der Waals surface area (Å²) in [7, 11) is 1.62. The van der Waals surface area contributed by atoms with Crippen LogP contribution >= 0.6 is 34.5 Å². The summed E-state index contributed by atoms with van der Waals surface area (Å²) in [6.45, 7) is 1.62. The van der Waals surface area contributed by atoms with Crippen LogP contribution in [-0.2, 0) is 32.1 Å². The van der Waals surface area contributed by atoms with Crippen molar-refractivity contribution in [2.24, 2.45) is 0 Å². The van der Waals surface area contributed by atoms with Crippen LogP contribution < -0.4 is 0 Å². The maximum atomic E-state index is 13.7. The Hall–Kier alpha value is -2.42. The first-order valence-electron chi connectivity index (χ1n) is 12.2. The van der Waals surface area contributed by atoms with Crippen LogP contribution in [0.2, 0.25) is 10.0 Å². The number of halogens is 2. The summed E-state index contributed by atoms with van der Waals surface area (Å²) in [4.78, 5) is 31.5. The summed E-state index contributed by atoms with van der Waals surface area (Å²) in [6, 6.07) is 16.8. The second-order valence-corrected chi connectivity index (χ2v) is 10.7. The number of hydrogen-bond acceptors (Lipinski definition) is 5. The lowest BCUT2D eigenvalue weighted by atomic mass is 9.93. The summed E-state index contributed by atoms with van der Waals surface area (Å²) in [5.74, 6) is -0.364. The smallest absolute Gasteiger partial charge is 0.249 e. The molecular weight excluding hydrogens is 531 g/mol. The highest BCUT2D eigenvalue weighted by Crippen LogP contribution is 2.41. The van der Waals surface area contributed by atoms with Crippen molar-refractivity contribution < 1.29 is 19.1 Å². The first kappa shape index (κ1) is 27.6. The van der Waals surface area contributed by atoms with E-state index < -0.39 is 0 Å². The molecule has 0 fully saturated rings. The lowest BCUT2D eigenvalue weighted by Gasteiger charge is -2.38. The van der Waals surface area contributed by atoms with Crippen LogP contribution in [0.3, 0.4) is 0 Å². The minimum Gasteiger partial charge on any atom is -0.385 e. The number of carbonyl (C=O) groups is 2. The standard InChI is InChI=1S/C28H30Cl2N2O4S/c1-35-14-5-12-31(27(34)19-36-18-20-6-3-2-4-7-20)17-26(33)32-13-10-25-23(11-15-37-25)28(32)22-9-8-21(29)16-24(22)30/h2-4,6-9,11,15-16,28H,5,10,12-14,17-19H2,1H3. The second-order valence-electron chi connectivity index (χ2n) is 8.84. The zero-order chi connectivity index (χ0) is 26.2. The maximum absolute atomic E-state index is 13.7. The molecule has 9 heteroatoms. The number of benzene rings is 2. The predicted octanol–water partition coefficient (Wildman–Crippen LogP) is 5.61. The van der Waals surface area contributed by atoms with E-state index in [1.807, 2.05) is 52.7 Å². The molecule has 196 valence electrons. The van der Waals surface area contributed by atoms with E-state index in [0.717, 1.165) is 23.1 Å². The van der Waals surface area contributed by atoms with E-state index in [1.165, 1.54) is 4.88 Å². The zero-order valence-electron chi connectivity index (χ0n) is 20.7. The fourth-order valence-corrected chi connectivity index (χ4v) is 5.93.